The molecule has 1 N–H and O–H groups in total. The molecule has 1 unspecified atom stereocenters. The van der Waals surface area contributed by atoms with Gasteiger partial charge in [-0.2, -0.15) is 5.10 Å². The van der Waals surface area contributed by atoms with Crippen LogP contribution in [0.5, 0.6) is 0 Å². The monoisotopic (exact) mass is 449 g/mol. The number of carbonyl (C=O) groups is 1. The van der Waals surface area contributed by atoms with E-state index >= 15 is 0 Å². The number of carbonyl (C=O) groups excluding carboxylic acids is 1. The van der Waals surface area contributed by atoms with E-state index in [2.05, 4.69) is 17.3 Å². The second-order valence-corrected chi connectivity index (χ2v) is 7.47. The molecule has 0 spiro atoms. The summed E-state index contributed by atoms with van der Waals surface area (Å²) in [6, 6.07) is 12.2. The molecule has 0 saturated carbocycles. The summed E-state index contributed by atoms with van der Waals surface area (Å²) < 4.78 is 1.77. The number of fused-ring (bicyclic) bond motifs is 1. The van der Waals surface area contributed by atoms with Crippen LogP contribution in [0.4, 0.5) is 0 Å². The molecule has 0 bridgehead atoms. The lowest BCUT2D eigenvalue weighted by atomic mass is 10.0. The van der Waals surface area contributed by atoms with Gasteiger partial charge in [-0.15, -0.1) is 24.8 Å². The van der Waals surface area contributed by atoms with Gasteiger partial charge in [-0.05, 0) is 32.4 Å². The van der Waals surface area contributed by atoms with Crippen molar-refractivity contribution in [1.29, 1.82) is 0 Å². The van der Waals surface area contributed by atoms with E-state index in [1.165, 1.54) is 0 Å². The van der Waals surface area contributed by atoms with Crippen LogP contribution in [0.15, 0.2) is 36.4 Å². The van der Waals surface area contributed by atoms with E-state index in [4.69, 9.17) is 4.98 Å². The average Bonchev–Trinajstić information content (AvgIpc) is 3.34. The highest BCUT2D eigenvalue weighted by atomic mass is 35.5. The van der Waals surface area contributed by atoms with E-state index in [0.29, 0.717) is 5.56 Å². The Kier molecular flexibility index (Phi) is 8.24. The highest BCUT2D eigenvalue weighted by Gasteiger charge is 2.29. The van der Waals surface area contributed by atoms with Gasteiger partial charge < -0.3 is 10.2 Å². The number of hydrogen-bond donors (Lipinski definition) is 1. The van der Waals surface area contributed by atoms with Gasteiger partial charge in [0.25, 0.3) is 5.91 Å². The Morgan fingerprint density at radius 1 is 1.27 bits per heavy atom. The number of nitrogens with one attached hydrogen (secondary N) is 1. The standard InChI is InChI=1S/C22H27N5O.2ClH/c1-4-12-27(17-10-11-23-14-17)22(28)18-13-19(16-8-6-5-7-9-16)24-21-20(18)15(2)25-26(21)3;;/h5-9,13,17,23H,4,10-12,14H2,1-3H3;2*1H. The molecule has 1 amide bonds. The third-order valence-electron chi connectivity index (χ3n) is 5.47. The Labute approximate surface area is 189 Å². The molecule has 0 radical (unpaired) electrons. The number of aromatic nitrogens is 3. The van der Waals surface area contributed by atoms with Gasteiger partial charge in [0.1, 0.15) is 0 Å². The van der Waals surface area contributed by atoms with Crippen LogP contribution in [-0.2, 0) is 7.05 Å². The number of benzene rings is 1. The van der Waals surface area contributed by atoms with Gasteiger partial charge in [0.2, 0.25) is 0 Å². The van der Waals surface area contributed by atoms with Crippen molar-refractivity contribution in [1.82, 2.24) is 25.0 Å². The predicted octanol–water partition coefficient (Wildman–Crippen LogP) is 4.00. The molecular weight excluding hydrogens is 421 g/mol. The van der Waals surface area contributed by atoms with Crippen molar-refractivity contribution < 1.29 is 4.79 Å². The van der Waals surface area contributed by atoms with Crippen molar-refractivity contribution >= 4 is 41.8 Å². The van der Waals surface area contributed by atoms with Crippen LogP contribution >= 0.6 is 24.8 Å². The van der Waals surface area contributed by atoms with Crippen molar-refractivity contribution in [3.05, 3.63) is 47.7 Å². The number of halogens is 2. The molecule has 0 aliphatic carbocycles. The lowest BCUT2D eigenvalue weighted by molar-refractivity contribution is 0.0694. The second kappa shape index (κ2) is 10.2. The van der Waals surface area contributed by atoms with Crippen LogP contribution in [0.1, 0.15) is 35.8 Å². The van der Waals surface area contributed by atoms with E-state index in [9.17, 15) is 4.79 Å². The van der Waals surface area contributed by atoms with E-state index in [1.807, 2.05) is 55.3 Å². The summed E-state index contributed by atoms with van der Waals surface area (Å²) in [6.07, 6.45) is 1.94. The summed E-state index contributed by atoms with van der Waals surface area (Å²) in [5.41, 5.74) is 4.11. The summed E-state index contributed by atoms with van der Waals surface area (Å²) in [7, 11) is 1.88. The van der Waals surface area contributed by atoms with Crippen molar-refractivity contribution in [3.8, 4) is 11.3 Å². The first-order valence-corrected chi connectivity index (χ1v) is 10.0. The topological polar surface area (TPSA) is 63.1 Å². The Bertz CT molecular complexity index is 1000. The number of rotatable bonds is 5. The molecule has 30 heavy (non-hydrogen) atoms. The summed E-state index contributed by atoms with van der Waals surface area (Å²) in [5.74, 6) is 0.0798. The minimum atomic E-state index is 0. The first kappa shape index (κ1) is 24.1. The number of hydrogen-bond acceptors (Lipinski definition) is 4. The highest BCUT2D eigenvalue weighted by Crippen LogP contribution is 2.28. The summed E-state index contributed by atoms with van der Waals surface area (Å²) >= 11 is 0. The minimum Gasteiger partial charge on any atom is -0.334 e. The van der Waals surface area contributed by atoms with Crippen molar-refractivity contribution in [2.75, 3.05) is 19.6 Å². The molecule has 2 aromatic heterocycles. The maximum Gasteiger partial charge on any atom is 0.255 e. The third kappa shape index (κ3) is 4.46. The molecule has 3 aromatic rings. The highest BCUT2D eigenvalue weighted by molar-refractivity contribution is 6.07. The zero-order valence-corrected chi connectivity index (χ0v) is 19.2. The Morgan fingerprint density at radius 3 is 2.63 bits per heavy atom. The molecule has 8 heteroatoms. The average molecular weight is 450 g/mol. The maximum atomic E-state index is 13.7. The summed E-state index contributed by atoms with van der Waals surface area (Å²) in [4.78, 5) is 20.6. The predicted molar refractivity (Wildman–Crippen MR) is 126 cm³/mol. The molecule has 162 valence electrons. The van der Waals surface area contributed by atoms with Gasteiger partial charge in [0.05, 0.1) is 22.3 Å². The molecule has 6 nitrogen and oxygen atoms in total. The van der Waals surface area contributed by atoms with Crippen LogP contribution in [0.3, 0.4) is 0 Å². The smallest absolute Gasteiger partial charge is 0.255 e. The fourth-order valence-corrected chi connectivity index (χ4v) is 4.12. The molecule has 1 aliphatic heterocycles. The fraction of sp³-hybridized carbons (Fsp3) is 0.409. The van der Waals surface area contributed by atoms with Gasteiger partial charge in [0.15, 0.2) is 5.65 Å². The number of nitrogens with zero attached hydrogens (tertiary/aromatic N) is 4. The molecule has 1 aliphatic rings. The molecule has 3 heterocycles. The van der Waals surface area contributed by atoms with Crippen LogP contribution in [-0.4, -0.2) is 51.2 Å². The van der Waals surface area contributed by atoms with Crippen molar-refractivity contribution in [2.45, 2.75) is 32.7 Å². The second-order valence-electron chi connectivity index (χ2n) is 7.47. The Morgan fingerprint density at radius 2 is 2.00 bits per heavy atom. The lowest BCUT2D eigenvalue weighted by Crippen LogP contribution is -2.42. The normalized spacial score (nSPS) is 15.5. The Balaban J connectivity index is 0.00000160. The quantitative estimate of drug-likeness (QED) is 0.638. The Hall–Kier alpha value is -2.15. The summed E-state index contributed by atoms with van der Waals surface area (Å²) in [5, 5.41) is 8.79. The first-order valence-electron chi connectivity index (χ1n) is 10.0. The van der Waals surface area contributed by atoms with Gasteiger partial charge in [-0.1, -0.05) is 37.3 Å². The van der Waals surface area contributed by atoms with Crippen molar-refractivity contribution in [3.63, 3.8) is 0 Å². The largest absolute Gasteiger partial charge is 0.334 e. The zero-order valence-electron chi connectivity index (χ0n) is 17.6. The molecule has 1 saturated heterocycles. The van der Waals surface area contributed by atoms with Gasteiger partial charge in [-0.3, -0.25) is 9.48 Å². The number of aryl methyl sites for hydroxylation is 2. The fourth-order valence-electron chi connectivity index (χ4n) is 4.12. The van der Waals surface area contributed by atoms with Gasteiger partial charge in [-0.25, -0.2) is 4.98 Å². The van der Waals surface area contributed by atoms with Crippen LogP contribution in [0.25, 0.3) is 22.3 Å². The van der Waals surface area contributed by atoms with Gasteiger partial charge in [0, 0.05) is 31.7 Å². The van der Waals surface area contributed by atoms with Crippen LogP contribution in [0, 0.1) is 6.92 Å². The van der Waals surface area contributed by atoms with E-state index in [1.54, 1.807) is 4.68 Å². The first-order chi connectivity index (χ1) is 13.6. The minimum absolute atomic E-state index is 0. The van der Waals surface area contributed by atoms with Gasteiger partial charge >= 0.3 is 0 Å². The SMILES string of the molecule is CCCN(C(=O)c1cc(-c2ccccc2)nc2c1c(C)nn2C)C1CCNC1.Cl.Cl. The molecular formula is C22H29Cl2N5O. The molecule has 4 rings (SSSR count). The number of amides is 1. The van der Waals surface area contributed by atoms with E-state index in [0.717, 1.165) is 60.5 Å². The van der Waals surface area contributed by atoms with Crippen LogP contribution in [0.2, 0.25) is 0 Å². The third-order valence-corrected chi connectivity index (χ3v) is 5.47. The number of pyridine rings is 1. The van der Waals surface area contributed by atoms with E-state index < -0.39 is 0 Å². The van der Waals surface area contributed by atoms with E-state index in [-0.39, 0.29) is 36.8 Å². The van der Waals surface area contributed by atoms with Crippen LogP contribution < -0.4 is 5.32 Å². The summed E-state index contributed by atoms with van der Waals surface area (Å²) in [6.45, 7) is 6.65. The van der Waals surface area contributed by atoms with Crippen molar-refractivity contribution in [2.24, 2.45) is 7.05 Å². The maximum absolute atomic E-state index is 13.7. The molecule has 1 fully saturated rings. The molecule has 1 atom stereocenters. The lowest BCUT2D eigenvalue weighted by Gasteiger charge is -2.28. The molecule has 1 aromatic carbocycles. The zero-order chi connectivity index (χ0) is 19.7.